The van der Waals surface area contributed by atoms with Gasteiger partial charge in [0.05, 0.1) is 5.69 Å². The van der Waals surface area contributed by atoms with Crippen molar-refractivity contribution in [2.24, 2.45) is 0 Å². The maximum absolute atomic E-state index is 13.5. The van der Waals surface area contributed by atoms with E-state index < -0.39 is 0 Å². The van der Waals surface area contributed by atoms with Gasteiger partial charge in [0.1, 0.15) is 5.82 Å². The van der Waals surface area contributed by atoms with Crippen LogP contribution in [0.25, 0.3) is 0 Å². The number of nitrogens with zero attached hydrogens (tertiary/aromatic N) is 3. The molecule has 0 aromatic heterocycles. The van der Waals surface area contributed by atoms with Crippen molar-refractivity contribution >= 4 is 23.1 Å². The van der Waals surface area contributed by atoms with Gasteiger partial charge in [-0.15, -0.1) is 11.8 Å². The first-order valence-electron chi connectivity index (χ1n) is 11.6. The van der Waals surface area contributed by atoms with E-state index in [-0.39, 0.29) is 5.82 Å². The number of anilines is 2. The molecule has 0 radical (unpaired) electrons. The van der Waals surface area contributed by atoms with E-state index >= 15 is 0 Å². The summed E-state index contributed by atoms with van der Waals surface area (Å²) in [6.07, 6.45) is 4.75. The summed E-state index contributed by atoms with van der Waals surface area (Å²) in [6, 6.07) is 13.0. The third kappa shape index (κ3) is 3.21. The van der Waals surface area contributed by atoms with E-state index in [0.29, 0.717) is 12.0 Å². The molecule has 2 aromatic rings. The van der Waals surface area contributed by atoms with Crippen LogP contribution in [-0.2, 0) is 6.42 Å². The molecule has 6 rings (SSSR count). The van der Waals surface area contributed by atoms with Gasteiger partial charge >= 0.3 is 0 Å². The van der Waals surface area contributed by atoms with E-state index in [4.69, 9.17) is 0 Å². The summed E-state index contributed by atoms with van der Waals surface area (Å²) >= 11 is 2.05. The van der Waals surface area contributed by atoms with Crippen LogP contribution in [0.3, 0.4) is 0 Å². The van der Waals surface area contributed by atoms with Gasteiger partial charge in [0.15, 0.2) is 0 Å². The SMILES string of the molecule is Fc1ccc2c(c1)CCN2CCCN1CC[C@H]2[C@@H](C1)c1cccc3c1N2CCCS3. The Hall–Kier alpha value is -1.72. The normalized spacial score (nSPS) is 25.1. The number of likely N-dealkylation sites (tertiary alicyclic amines) is 1. The van der Waals surface area contributed by atoms with Crippen LogP contribution in [0, 0.1) is 5.82 Å². The number of fused-ring (bicyclic) bond motifs is 4. The fourth-order valence-electron chi connectivity index (χ4n) is 6.17. The summed E-state index contributed by atoms with van der Waals surface area (Å²) < 4.78 is 13.5. The minimum Gasteiger partial charge on any atom is -0.371 e. The van der Waals surface area contributed by atoms with Crippen LogP contribution in [-0.4, -0.2) is 56.0 Å². The average Bonchev–Trinajstić information content (AvgIpc) is 3.21. The third-order valence-corrected chi connectivity index (χ3v) is 8.65. The highest BCUT2D eigenvalue weighted by molar-refractivity contribution is 7.99. The van der Waals surface area contributed by atoms with Crippen LogP contribution in [0.2, 0.25) is 0 Å². The molecule has 1 saturated heterocycles. The number of para-hydroxylation sites is 1. The average molecular weight is 424 g/mol. The molecule has 0 saturated carbocycles. The van der Waals surface area contributed by atoms with Crippen LogP contribution in [0.5, 0.6) is 0 Å². The summed E-state index contributed by atoms with van der Waals surface area (Å²) in [7, 11) is 0. The van der Waals surface area contributed by atoms with E-state index in [1.54, 1.807) is 23.4 Å². The zero-order valence-electron chi connectivity index (χ0n) is 17.5. The van der Waals surface area contributed by atoms with Gasteiger partial charge in [-0.3, -0.25) is 0 Å². The number of piperidine rings is 1. The first-order valence-corrected chi connectivity index (χ1v) is 12.5. The Morgan fingerprint density at radius 1 is 1.07 bits per heavy atom. The van der Waals surface area contributed by atoms with Gasteiger partial charge in [0.25, 0.3) is 0 Å². The van der Waals surface area contributed by atoms with Crippen LogP contribution in [0.15, 0.2) is 41.3 Å². The molecule has 5 heteroatoms. The van der Waals surface area contributed by atoms with E-state index in [0.717, 1.165) is 19.5 Å². The van der Waals surface area contributed by atoms with Crippen LogP contribution in [0.1, 0.15) is 36.3 Å². The Labute approximate surface area is 183 Å². The summed E-state index contributed by atoms with van der Waals surface area (Å²) in [4.78, 5) is 9.41. The Morgan fingerprint density at radius 3 is 3.00 bits per heavy atom. The molecule has 0 N–H and O–H groups in total. The highest BCUT2D eigenvalue weighted by Gasteiger charge is 2.43. The van der Waals surface area contributed by atoms with E-state index in [9.17, 15) is 4.39 Å². The topological polar surface area (TPSA) is 9.72 Å². The molecule has 4 aliphatic heterocycles. The molecular formula is C25H30FN3S. The Morgan fingerprint density at radius 2 is 2.03 bits per heavy atom. The maximum atomic E-state index is 13.5. The molecule has 30 heavy (non-hydrogen) atoms. The van der Waals surface area contributed by atoms with Crippen molar-refractivity contribution in [3.63, 3.8) is 0 Å². The predicted octanol–water partition coefficient (Wildman–Crippen LogP) is 4.75. The van der Waals surface area contributed by atoms with Gasteiger partial charge in [-0.05, 0) is 73.4 Å². The fourth-order valence-corrected chi connectivity index (χ4v) is 7.21. The third-order valence-electron chi connectivity index (χ3n) is 7.51. The molecule has 4 heterocycles. The van der Waals surface area contributed by atoms with Crippen molar-refractivity contribution in [3.8, 4) is 0 Å². The van der Waals surface area contributed by atoms with Gasteiger partial charge in [-0.1, -0.05) is 12.1 Å². The Bertz CT molecular complexity index is 948. The van der Waals surface area contributed by atoms with E-state index in [1.165, 1.54) is 67.3 Å². The second-order valence-corrected chi connectivity index (χ2v) is 10.4. The van der Waals surface area contributed by atoms with Gasteiger partial charge in [0, 0.05) is 55.3 Å². The lowest BCUT2D eigenvalue weighted by Gasteiger charge is -2.39. The molecule has 0 unspecified atom stereocenters. The van der Waals surface area contributed by atoms with Crippen molar-refractivity contribution in [2.75, 3.05) is 54.8 Å². The largest absolute Gasteiger partial charge is 0.371 e. The van der Waals surface area contributed by atoms with Crippen molar-refractivity contribution in [1.29, 1.82) is 0 Å². The lowest BCUT2D eigenvalue weighted by atomic mass is 9.89. The first kappa shape index (κ1) is 19.0. The van der Waals surface area contributed by atoms with Gasteiger partial charge in [-0.2, -0.15) is 0 Å². The lowest BCUT2D eigenvalue weighted by Crippen LogP contribution is -2.47. The zero-order chi connectivity index (χ0) is 20.1. The molecule has 4 aliphatic rings. The fraction of sp³-hybridized carbons (Fsp3) is 0.520. The van der Waals surface area contributed by atoms with Crippen LogP contribution < -0.4 is 9.80 Å². The number of rotatable bonds is 4. The molecule has 2 atom stereocenters. The monoisotopic (exact) mass is 423 g/mol. The Balaban J connectivity index is 1.11. The second-order valence-electron chi connectivity index (χ2n) is 9.22. The second kappa shape index (κ2) is 7.76. The summed E-state index contributed by atoms with van der Waals surface area (Å²) in [5.41, 5.74) is 5.59. The highest BCUT2D eigenvalue weighted by atomic mass is 32.2. The van der Waals surface area contributed by atoms with Crippen molar-refractivity contribution in [2.45, 2.75) is 42.5 Å². The molecule has 1 fully saturated rings. The molecular weight excluding hydrogens is 393 g/mol. The minimum absolute atomic E-state index is 0.106. The smallest absolute Gasteiger partial charge is 0.123 e. The van der Waals surface area contributed by atoms with Crippen molar-refractivity contribution < 1.29 is 4.39 Å². The molecule has 158 valence electrons. The summed E-state index contributed by atoms with van der Waals surface area (Å²) in [5, 5.41) is 0. The number of benzene rings is 2. The lowest BCUT2D eigenvalue weighted by molar-refractivity contribution is 0.192. The van der Waals surface area contributed by atoms with Crippen LogP contribution in [0.4, 0.5) is 15.8 Å². The van der Waals surface area contributed by atoms with Gasteiger partial charge in [0.2, 0.25) is 0 Å². The summed E-state index contributed by atoms with van der Waals surface area (Å²) in [5.74, 6) is 1.82. The van der Waals surface area contributed by atoms with E-state index in [2.05, 4.69) is 44.7 Å². The molecule has 2 aromatic carbocycles. The number of hydrogen-bond donors (Lipinski definition) is 0. The maximum Gasteiger partial charge on any atom is 0.123 e. The quantitative estimate of drug-likeness (QED) is 0.702. The molecule has 0 aliphatic carbocycles. The number of halogens is 1. The van der Waals surface area contributed by atoms with Crippen molar-refractivity contribution in [3.05, 3.63) is 53.3 Å². The molecule has 3 nitrogen and oxygen atoms in total. The zero-order valence-corrected chi connectivity index (χ0v) is 18.3. The standard InChI is InChI=1S/C25H30FN3S/c26-19-6-7-22-18(16-19)8-14-28(22)11-2-10-27-13-9-23-21(17-27)20-4-1-5-24-25(20)29(23)12-3-15-30-24/h1,4-7,16,21,23H,2-3,8-15,17H2/t21-,23-/m0/s1. The van der Waals surface area contributed by atoms with Crippen molar-refractivity contribution in [1.82, 2.24) is 4.90 Å². The summed E-state index contributed by atoms with van der Waals surface area (Å²) in [6.45, 7) is 6.92. The number of thioether (sulfide) groups is 1. The van der Waals surface area contributed by atoms with Gasteiger partial charge in [-0.25, -0.2) is 4.39 Å². The Kier molecular flexibility index (Phi) is 4.91. The van der Waals surface area contributed by atoms with Crippen LogP contribution >= 0.6 is 11.8 Å². The number of hydrogen-bond acceptors (Lipinski definition) is 4. The molecule has 0 bridgehead atoms. The molecule has 0 spiro atoms. The first-order chi connectivity index (χ1) is 14.8. The predicted molar refractivity (Wildman–Crippen MR) is 124 cm³/mol. The van der Waals surface area contributed by atoms with E-state index in [1.807, 2.05) is 6.07 Å². The highest BCUT2D eigenvalue weighted by Crippen LogP contribution is 2.50. The minimum atomic E-state index is -0.106. The van der Waals surface area contributed by atoms with Gasteiger partial charge < -0.3 is 14.7 Å². The molecule has 0 amide bonds.